The molecular weight excluding hydrogens is 815 g/mol. The third-order valence-corrected chi connectivity index (χ3v) is 22.5. The predicted octanol–water partition coefficient (Wildman–Crippen LogP) is 8.21. The fourth-order valence-electron chi connectivity index (χ4n) is 8.60. The van der Waals surface area contributed by atoms with Crippen LogP contribution in [0.1, 0.15) is 58.8 Å². The number of ether oxygens (including phenoxy) is 2. The molecule has 0 bridgehead atoms. The Morgan fingerprint density at radius 1 is 0.689 bits per heavy atom. The van der Waals surface area contributed by atoms with Gasteiger partial charge in [-0.1, -0.05) is 176 Å². The van der Waals surface area contributed by atoms with Crippen molar-refractivity contribution in [2.45, 2.75) is 70.0 Å². The van der Waals surface area contributed by atoms with Gasteiger partial charge >= 0.3 is 28.6 Å². The average Bonchev–Trinajstić information content (AvgIpc) is 3.64. The lowest BCUT2D eigenvalue weighted by molar-refractivity contribution is -0.158. The number of fused-ring (bicyclic) bond motifs is 1. The highest BCUT2D eigenvalue weighted by Gasteiger charge is 2.58. The lowest BCUT2D eigenvalue weighted by Crippen LogP contribution is -2.69. The van der Waals surface area contributed by atoms with Gasteiger partial charge in [0.05, 0.1) is 5.56 Å². The minimum absolute atomic E-state index is 0.0362. The number of carbonyl (C=O) groups excluding carboxylic acids is 3. The van der Waals surface area contributed by atoms with Crippen molar-refractivity contribution in [3.63, 3.8) is 0 Å². The van der Waals surface area contributed by atoms with Gasteiger partial charge < -0.3 is 18.3 Å². The van der Waals surface area contributed by atoms with Crippen molar-refractivity contribution in [3.05, 3.63) is 169 Å². The first kappa shape index (κ1) is 43.5. The third kappa shape index (κ3) is 8.02. The van der Waals surface area contributed by atoms with E-state index in [1.807, 2.05) is 54.6 Å². The molecule has 0 N–H and O–H groups in total. The zero-order valence-electron chi connectivity index (χ0n) is 35.8. The van der Waals surface area contributed by atoms with Crippen molar-refractivity contribution in [2.24, 2.45) is 5.92 Å². The van der Waals surface area contributed by atoms with Gasteiger partial charge in [0.25, 0.3) is 0 Å². The summed E-state index contributed by atoms with van der Waals surface area (Å²) in [6.45, 7) is 18.6. The summed E-state index contributed by atoms with van der Waals surface area (Å²) in [5.41, 5.74) is 0.433. The van der Waals surface area contributed by atoms with Crippen molar-refractivity contribution < 1.29 is 32.7 Å². The minimum Gasteiger partial charge on any atom is -0.532 e. The number of carbonyl (C=O) groups is 3. The Morgan fingerprint density at radius 2 is 1.13 bits per heavy atom. The Labute approximate surface area is 365 Å². The van der Waals surface area contributed by atoms with E-state index in [1.165, 1.54) is 22.7 Å². The standard InChI is InChI=1S/C50H53NO7SSi2/c1-9-32-55-48(54)41-34-59-46-44(45(52)51(41)46)35(2)56-47(53)36-30-31-42(57-60(49(3,4)5,37-22-14-10-15-23-37)38-24-16-11-17-25-38)43(33-36)58-61(50(6,7)8,39-26-18-12-19-27-39)40-28-20-13-21-29-40/h9-31,33-35,44,46H,1,32H2,2-8H3/t35-,44+,46+/m1/s1. The number of amides is 1. The maximum atomic E-state index is 14.3. The molecule has 5 aromatic carbocycles. The number of thioether (sulfide) groups is 1. The number of hydrogen-bond acceptors (Lipinski definition) is 8. The molecule has 11 heteroatoms. The van der Waals surface area contributed by atoms with Crippen LogP contribution in [0, 0.1) is 5.92 Å². The Bertz CT molecular complexity index is 2340. The fraction of sp³-hybridized carbons (Fsp3) is 0.260. The molecular formula is C50H53NO7SSi2. The lowest BCUT2D eigenvalue weighted by Gasteiger charge is -2.45. The molecule has 7 rings (SSSR count). The van der Waals surface area contributed by atoms with E-state index in [0.29, 0.717) is 11.5 Å². The molecule has 0 radical (unpaired) electrons. The largest absolute Gasteiger partial charge is 0.532 e. The summed E-state index contributed by atoms with van der Waals surface area (Å²) in [5, 5.41) is 4.78. The van der Waals surface area contributed by atoms with Crippen molar-refractivity contribution in [1.82, 2.24) is 4.90 Å². The summed E-state index contributed by atoms with van der Waals surface area (Å²) < 4.78 is 26.7. The maximum absolute atomic E-state index is 14.3. The second-order valence-corrected chi connectivity index (χ2v) is 26.9. The second kappa shape index (κ2) is 17.4. The van der Waals surface area contributed by atoms with Crippen molar-refractivity contribution in [2.75, 3.05) is 6.61 Å². The Kier molecular flexibility index (Phi) is 12.4. The molecule has 0 aromatic heterocycles. The van der Waals surface area contributed by atoms with Gasteiger partial charge in [0, 0.05) is 5.41 Å². The molecule has 61 heavy (non-hydrogen) atoms. The van der Waals surface area contributed by atoms with Crippen LogP contribution in [0.3, 0.4) is 0 Å². The summed E-state index contributed by atoms with van der Waals surface area (Å²) >= 11 is 1.33. The minimum atomic E-state index is -3.27. The zero-order valence-corrected chi connectivity index (χ0v) is 38.6. The van der Waals surface area contributed by atoms with Crippen LogP contribution < -0.4 is 29.6 Å². The smallest absolute Gasteiger partial charge is 0.355 e. The van der Waals surface area contributed by atoms with E-state index < -0.39 is 51.0 Å². The summed E-state index contributed by atoms with van der Waals surface area (Å²) in [5.74, 6) is -1.22. The van der Waals surface area contributed by atoms with E-state index >= 15 is 0 Å². The highest BCUT2D eigenvalue weighted by atomic mass is 32.2. The second-order valence-electron chi connectivity index (χ2n) is 17.5. The molecule has 1 amide bonds. The van der Waals surface area contributed by atoms with Crippen molar-refractivity contribution in [3.8, 4) is 11.5 Å². The van der Waals surface area contributed by atoms with Crippen LogP contribution in [0.2, 0.25) is 10.1 Å². The zero-order chi connectivity index (χ0) is 43.6. The molecule has 5 aromatic rings. The van der Waals surface area contributed by atoms with Crippen LogP contribution in [0.25, 0.3) is 0 Å². The summed E-state index contributed by atoms with van der Waals surface area (Å²) in [6.07, 6.45) is 0.680. The molecule has 2 heterocycles. The van der Waals surface area contributed by atoms with Gasteiger partial charge in [-0.25, -0.2) is 9.59 Å². The van der Waals surface area contributed by atoms with E-state index in [2.05, 4.69) is 121 Å². The number of esters is 2. The first-order chi connectivity index (χ1) is 29.1. The van der Waals surface area contributed by atoms with Crippen LogP contribution in [0.15, 0.2) is 163 Å². The van der Waals surface area contributed by atoms with Crippen LogP contribution in [-0.2, 0) is 19.1 Å². The monoisotopic (exact) mass is 867 g/mol. The van der Waals surface area contributed by atoms with E-state index in [0.717, 1.165) is 20.7 Å². The van der Waals surface area contributed by atoms with E-state index in [1.54, 1.807) is 24.5 Å². The van der Waals surface area contributed by atoms with E-state index in [4.69, 9.17) is 18.3 Å². The third-order valence-electron chi connectivity index (χ3n) is 11.5. The first-order valence-electron chi connectivity index (χ1n) is 20.6. The van der Waals surface area contributed by atoms with Gasteiger partial charge in [0.2, 0.25) is 5.91 Å². The van der Waals surface area contributed by atoms with Gasteiger partial charge in [-0.2, -0.15) is 0 Å². The molecule has 2 aliphatic heterocycles. The Hall–Kier alpha value is -5.63. The lowest BCUT2D eigenvalue weighted by atomic mass is 9.92. The van der Waals surface area contributed by atoms with Crippen LogP contribution in [0.5, 0.6) is 11.5 Å². The highest BCUT2D eigenvalue weighted by Crippen LogP contribution is 2.48. The molecule has 1 fully saturated rings. The maximum Gasteiger partial charge on any atom is 0.355 e. The quantitative estimate of drug-likeness (QED) is 0.0478. The Morgan fingerprint density at radius 3 is 1.56 bits per heavy atom. The topological polar surface area (TPSA) is 91.4 Å². The molecule has 314 valence electrons. The highest BCUT2D eigenvalue weighted by molar-refractivity contribution is 8.03. The van der Waals surface area contributed by atoms with Crippen molar-refractivity contribution >= 4 is 67.0 Å². The average molecular weight is 868 g/mol. The Balaban J connectivity index is 1.33. The number of hydrogen-bond donors (Lipinski definition) is 0. The van der Waals surface area contributed by atoms with E-state index in [9.17, 15) is 14.4 Å². The SMILES string of the molecule is C=CCOC(=O)C1=CS[C@H]2[C@@H]([C@@H](C)OC(=O)c3ccc(O[Si](c4ccccc4)(c4ccccc4)C(C)(C)C)c(O[Si](c4ccccc4)(c4ccccc4)C(C)(C)C)c3)C(=O)N12. The summed E-state index contributed by atoms with van der Waals surface area (Å²) in [7, 11) is -6.47. The number of rotatable bonds is 14. The molecule has 0 unspecified atom stereocenters. The molecule has 0 saturated carbocycles. The van der Waals surface area contributed by atoms with Crippen LogP contribution in [-0.4, -0.2) is 57.5 Å². The van der Waals surface area contributed by atoms with E-state index in [-0.39, 0.29) is 28.8 Å². The predicted molar refractivity (Wildman–Crippen MR) is 249 cm³/mol. The van der Waals surface area contributed by atoms with Gasteiger partial charge in [-0.15, -0.1) is 11.8 Å². The first-order valence-corrected chi connectivity index (χ1v) is 25.3. The number of benzene rings is 5. The van der Waals surface area contributed by atoms with Gasteiger partial charge in [-0.05, 0) is 55.9 Å². The summed E-state index contributed by atoms with van der Waals surface area (Å²) in [6, 6.07) is 46.8. The normalized spacial score (nSPS) is 17.0. The molecule has 8 nitrogen and oxygen atoms in total. The van der Waals surface area contributed by atoms with Gasteiger partial charge in [0.1, 0.15) is 41.2 Å². The van der Waals surface area contributed by atoms with Crippen molar-refractivity contribution in [1.29, 1.82) is 0 Å². The molecule has 3 atom stereocenters. The molecule has 2 aliphatic rings. The van der Waals surface area contributed by atoms with Crippen LogP contribution >= 0.6 is 11.8 Å². The molecule has 0 aliphatic carbocycles. The fourth-order valence-corrected chi connectivity index (χ4v) is 18.8. The molecule has 0 spiro atoms. The number of β-lactam (4-membered cyclic amide) rings is 1. The summed E-state index contributed by atoms with van der Waals surface area (Å²) in [4.78, 5) is 41.8. The van der Waals surface area contributed by atoms with Gasteiger partial charge in [-0.3, -0.25) is 9.69 Å². The molecule has 1 saturated heterocycles. The van der Waals surface area contributed by atoms with Crippen LogP contribution in [0.4, 0.5) is 0 Å². The van der Waals surface area contributed by atoms with Gasteiger partial charge in [0.15, 0.2) is 0 Å². The number of nitrogens with zero attached hydrogens (tertiary/aromatic N) is 1.